The van der Waals surface area contributed by atoms with Gasteiger partial charge >= 0.3 is 12.2 Å². The van der Waals surface area contributed by atoms with Gasteiger partial charge in [0.1, 0.15) is 48.6 Å². The van der Waals surface area contributed by atoms with Gasteiger partial charge in [-0.3, -0.25) is 30.0 Å². The molecule has 0 saturated carbocycles. The molecule has 640 valence electrons. The first kappa shape index (κ1) is 88.6. The number of thiol groups is 2. The van der Waals surface area contributed by atoms with E-state index in [0.29, 0.717) is 67.7 Å². The molecule has 6 amide bonds. The van der Waals surface area contributed by atoms with Gasteiger partial charge in [-0.05, 0) is 129 Å². The molecule has 8 N–H and O–H groups in total. The van der Waals surface area contributed by atoms with Crippen LogP contribution < -0.4 is 10.6 Å². The molecule has 12 atom stereocenters. The average Bonchev–Trinajstić information content (AvgIpc) is 1.65. The Morgan fingerprint density at radius 1 is 0.443 bits per heavy atom. The van der Waals surface area contributed by atoms with Crippen LogP contribution in [0.5, 0.6) is 0 Å². The first-order chi connectivity index (χ1) is 59.2. The summed E-state index contributed by atoms with van der Waals surface area (Å²) in [7, 11) is 2.58. The Bertz CT molecular complexity index is 5170. The van der Waals surface area contributed by atoms with Crippen LogP contribution in [0.2, 0.25) is 0 Å². The lowest BCUT2D eigenvalue weighted by molar-refractivity contribution is -0.229. The van der Waals surface area contributed by atoms with E-state index in [-0.39, 0.29) is 95.2 Å². The van der Waals surface area contributed by atoms with Crippen LogP contribution in [-0.2, 0) is 48.2 Å². The molecule has 0 unspecified atom stereocenters. The average molecular weight is 1730 g/mol. The molecule has 0 radical (unpaired) electrons. The van der Waals surface area contributed by atoms with E-state index in [0.717, 1.165) is 110 Å². The van der Waals surface area contributed by atoms with Crippen LogP contribution >= 0.6 is 48.8 Å². The number of aromatic amines is 4. The number of H-pyrrole nitrogens is 4. The quantitative estimate of drug-likeness (QED) is 0.00467. The van der Waals surface area contributed by atoms with Crippen LogP contribution in [0, 0.1) is 40.4 Å². The topological polar surface area (TPSA) is 357 Å². The van der Waals surface area contributed by atoms with E-state index in [1.165, 1.54) is 14.2 Å². The zero-order valence-corrected chi connectivity index (χ0v) is 72.7. The zero-order chi connectivity index (χ0) is 86.1. The molecular formula is C90H104N16O12S4. The van der Waals surface area contributed by atoms with Crippen molar-refractivity contribution in [2.75, 3.05) is 77.6 Å². The largest absolute Gasteiger partial charge is 0.453 e. The molecule has 10 aromatic rings. The maximum atomic E-state index is 14.2. The number of aromatic nitrogens is 8. The number of nitrogens with zero attached hydrogens (tertiary/aromatic N) is 8. The van der Waals surface area contributed by atoms with Crippen LogP contribution in [0.15, 0.2) is 183 Å². The monoisotopic (exact) mass is 1730 g/mol. The third-order valence-electron chi connectivity index (χ3n) is 23.3. The number of hydrogen-bond donors (Lipinski definition) is 10. The van der Waals surface area contributed by atoms with Crippen LogP contribution in [0.1, 0.15) is 124 Å². The number of carbonyl (C=O) groups excluding carboxylic acids is 6. The van der Waals surface area contributed by atoms with Crippen molar-refractivity contribution >= 4 is 97.4 Å². The molecule has 4 aromatic heterocycles. The number of carbonyl (C=O) groups is 6. The lowest BCUT2D eigenvalue weighted by Gasteiger charge is -2.30. The lowest BCUT2D eigenvalue weighted by atomic mass is 9.95. The van der Waals surface area contributed by atoms with Gasteiger partial charge < -0.3 is 69.4 Å². The van der Waals surface area contributed by atoms with E-state index in [2.05, 4.69) is 158 Å². The Morgan fingerprint density at radius 3 is 1.15 bits per heavy atom. The van der Waals surface area contributed by atoms with Crippen LogP contribution in [0.25, 0.3) is 67.3 Å². The summed E-state index contributed by atoms with van der Waals surface area (Å²) in [6.07, 6.45) is 14.4. The minimum absolute atomic E-state index is 0.0142. The van der Waals surface area contributed by atoms with Crippen molar-refractivity contribution in [3.8, 4) is 67.3 Å². The Labute approximate surface area is 729 Å². The fraction of sp³-hybridized carbons (Fsp3) is 0.378. The fourth-order valence-electron chi connectivity index (χ4n) is 16.4. The van der Waals surface area contributed by atoms with Crippen molar-refractivity contribution in [1.29, 1.82) is 10.8 Å². The molecule has 4 fully saturated rings. The number of imidazole rings is 4. The highest BCUT2D eigenvalue weighted by atomic mass is 32.2. The van der Waals surface area contributed by atoms with Gasteiger partial charge in [0.15, 0.2) is 0 Å². The molecule has 6 aromatic carbocycles. The number of methoxy groups -OCH3 is 2. The summed E-state index contributed by atoms with van der Waals surface area (Å²) in [6, 6.07) is 49.1. The smallest absolute Gasteiger partial charge is 0.407 e. The molecule has 14 rings (SSSR count). The molecule has 28 nitrogen and oxygen atoms in total. The van der Waals surface area contributed by atoms with E-state index < -0.39 is 36.1 Å². The summed E-state index contributed by atoms with van der Waals surface area (Å²) < 4.78 is 9.66. The van der Waals surface area contributed by atoms with Gasteiger partial charge in [0.05, 0.1) is 97.8 Å². The van der Waals surface area contributed by atoms with Crippen molar-refractivity contribution in [3.63, 3.8) is 0 Å². The minimum atomic E-state index is -0.906. The molecule has 4 aliphatic heterocycles. The normalized spacial score (nSPS) is 19.8. The van der Waals surface area contributed by atoms with E-state index in [1.54, 1.807) is 29.7 Å². The molecule has 0 bridgehead atoms. The molecule has 4 saturated heterocycles. The predicted molar refractivity (Wildman–Crippen MR) is 478 cm³/mol. The van der Waals surface area contributed by atoms with Gasteiger partial charge in [0, 0.05) is 36.7 Å². The highest BCUT2D eigenvalue weighted by Gasteiger charge is 2.46. The summed E-state index contributed by atoms with van der Waals surface area (Å²) >= 11 is 12.6. The van der Waals surface area contributed by atoms with E-state index in [9.17, 15) is 28.8 Å². The molecule has 32 heteroatoms. The maximum Gasteiger partial charge on any atom is 0.407 e. The predicted octanol–water partition coefficient (Wildman–Crippen LogP) is 15.6. The number of nitrogens with one attached hydrogen (secondary N) is 8. The summed E-state index contributed by atoms with van der Waals surface area (Å²) in [5.41, 5.74) is 12.9. The number of ether oxygens (including phenoxy) is 2. The fourth-order valence-corrected chi connectivity index (χ4v) is 18.3. The summed E-state index contributed by atoms with van der Waals surface area (Å²) in [5, 5.41) is 20.1. The van der Waals surface area contributed by atoms with Crippen molar-refractivity contribution in [2.45, 2.75) is 106 Å². The number of likely N-dealkylation sites (tertiary alicyclic amines) is 4. The number of benzene rings is 6. The molecule has 4 aliphatic rings. The maximum absolute atomic E-state index is 14.2. The lowest BCUT2D eigenvalue weighted by Crippen LogP contribution is -2.51. The van der Waals surface area contributed by atoms with E-state index >= 15 is 0 Å². The Morgan fingerprint density at radius 2 is 0.787 bits per heavy atom. The SMILES string of the molecule is COC(=O)N[C@H](C(=O)N1C[C@@H](SC)C[C@H]1c1ncc(-c2ccc(-c3ccc(-c4cnc([C@@H]5C[C@H](CS)CN5C(=O)[C@@H](COOC=N)C(C)C)[nH]4)cc3)cc2)[nH]1)C(C)C.COC(=O)N[C@H](C(=O)N1C[C@@H](SC)C[C@H]1c1ncc(-c2ccc(-c3ccc(-c4cnc([C@@H]5C[C@H](CS)CN5C(=O)[C@@H](COOC=N)c5ccccc5)[nH]4)cc3)cc2)[nH]1)c1ccccc1. The Hall–Kier alpha value is -11.2. The molecule has 0 aliphatic carbocycles. The molecule has 8 heterocycles. The first-order valence-electron chi connectivity index (χ1n) is 40.7. The van der Waals surface area contributed by atoms with Crippen molar-refractivity contribution in [3.05, 3.63) is 217 Å². The highest BCUT2D eigenvalue weighted by Crippen LogP contribution is 2.44. The van der Waals surface area contributed by atoms with Gasteiger partial charge in [-0.15, -0.1) is 0 Å². The second-order valence-corrected chi connectivity index (χ2v) is 34.5. The van der Waals surface area contributed by atoms with Gasteiger partial charge in [0.2, 0.25) is 30.5 Å². The third kappa shape index (κ3) is 20.8. The van der Waals surface area contributed by atoms with Gasteiger partial charge in [-0.1, -0.05) is 185 Å². The van der Waals surface area contributed by atoms with E-state index in [4.69, 9.17) is 54.9 Å². The zero-order valence-electron chi connectivity index (χ0n) is 69.2. The Kier molecular flexibility index (Phi) is 30.2. The highest BCUT2D eigenvalue weighted by molar-refractivity contribution is 7.99. The number of hydrogen-bond acceptors (Lipinski definition) is 22. The van der Waals surface area contributed by atoms with Crippen molar-refractivity contribution in [2.24, 2.45) is 29.6 Å². The van der Waals surface area contributed by atoms with Crippen LogP contribution in [0.4, 0.5) is 9.59 Å². The second-order valence-electron chi connectivity index (χ2n) is 31.5. The third-order valence-corrected chi connectivity index (χ3v) is 26.3. The molecule has 0 spiro atoms. The van der Waals surface area contributed by atoms with Crippen LogP contribution in [-0.4, -0.2) is 202 Å². The number of amides is 6. The Balaban J connectivity index is 0.000000211. The number of alkyl carbamates (subject to hydrolysis) is 2. The summed E-state index contributed by atoms with van der Waals surface area (Å²) in [4.78, 5) is 140. The van der Waals surface area contributed by atoms with E-state index in [1.807, 2.05) is 139 Å². The van der Waals surface area contributed by atoms with Crippen molar-refractivity contribution in [1.82, 2.24) is 70.1 Å². The standard InChI is InChI=1S/C48H50N8O6S2.C42H54N8O6S2/c1-60-48(59)54-43(36-11-7-4-8-12-36)47(58)56-26-37(64-2)22-42(56)45-51-24-40(53-45)35-19-15-32(16-20-35)31-13-17-34(18-14-31)39-23-50-44(52-39)41-21-30(28-63)25-55(41)46(57)38(27-61-62-29-49)33-9-5-3-6-10-33;1-24(2)32(21-55-56-23-43)40(51)49-19-26(22-57)15-35(49)38-44-17-33(46-38)29-11-7-27(8-12-29)28-9-13-30(14-10-28)34-18-45-39(47-34)36-16-31(58-6)20-50(36)41(52)37(25(3)4)48-42(53)54-5/h3-20,23-24,29-30,37-38,41-43,49,63H,21-22,25-28H2,1-2H3,(H,50,52)(H,51,53)(H,54,59);7-14,17-18,23-26,31-32,35-37,43,57H,15-16,19-22H2,1-6H3,(H,44,46)(H,45,47)(H,48,53)/t30-,37-,38-,41-,42-,43-;26-,31-,32-,35-,36-,37-/m00/s1. The number of rotatable bonds is 32. The van der Waals surface area contributed by atoms with Gasteiger partial charge in [-0.2, -0.15) is 58.6 Å². The van der Waals surface area contributed by atoms with Crippen molar-refractivity contribution < 1.29 is 57.8 Å². The molecular weight excluding hydrogens is 1630 g/mol. The summed E-state index contributed by atoms with van der Waals surface area (Å²) in [5.74, 6) is 2.93. The minimum Gasteiger partial charge on any atom is -0.453 e. The molecule has 122 heavy (non-hydrogen) atoms. The second kappa shape index (κ2) is 41.6. The summed E-state index contributed by atoms with van der Waals surface area (Å²) in [6.45, 7) is 10.0. The van der Waals surface area contributed by atoms with Gasteiger partial charge in [0.25, 0.3) is 5.91 Å². The van der Waals surface area contributed by atoms with Gasteiger partial charge in [-0.25, -0.2) is 29.5 Å². The first-order valence-corrected chi connectivity index (χ1v) is 44.5. The van der Waals surface area contributed by atoms with Crippen LogP contribution in [0.3, 0.4) is 0 Å². The number of thioether (sulfide) groups is 2.